The van der Waals surface area contributed by atoms with Gasteiger partial charge < -0.3 is 14.5 Å². The first kappa shape index (κ1) is 13.5. The number of hydrogen-bond donors (Lipinski definition) is 1. The van der Waals surface area contributed by atoms with Crippen LogP contribution in [0.15, 0.2) is 41.0 Å². The molecule has 1 aromatic heterocycles. The summed E-state index contributed by atoms with van der Waals surface area (Å²) in [6.07, 6.45) is 2.16. The predicted molar refractivity (Wildman–Crippen MR) is 72.7 cm³/mol. The summed E-state index contributed by atoms with van der Waals surface area (Å²) in [5, 5.41) is 3.34. The van der Waals surface area contributed by atoms with Gasteiger partial charge in [0, 0.05) is 6.54 Å². The number of carbonyl (C=O) groups is 1. The highest BCUT2D eigenvalue weighted by atomic mass is 35.5. The fourth-order valence-corrected chi connectivity index (χ4v) is 1.96. The van der Waals surface area contributed by atoms with Gasteiger partial charge in [0.05, 0.1) is 18.4 Å². The van der Waals surface area contributed by atoms with E-state index in [4.69, 9.17) is 20.8 Å². The van der Waals surface area contributed by atoms with Crippen molar-refractivity contribution in [2.24, 2.45) is 0 Å². The van der Waals surface area contributed by atoms with Gasteiger partial charge >= 0.3 is 0 Å². The molecule has 100 valence electrons. The highest BCUT2D eigenvalue weighted by Crippen LogP contribution is 2.24. The second-order valence-corrected chi connectivity index (χ2v) is 4.36. The van der Waals surface area contributed by atoms with Gasteiger partial charge in [-0.15, -0.1) is 0 Å². The Morgan fingerprint density at radius 1 is 1.42 bits per heavy atom. The molecule has 1 heterocycles. The lowest BCUT2D eigenvalue weighted by molar-refractivity contribution is 0.0926. The quantitative estimate of drug-likeness (QED) is 0.915. The summed E-state index contributed by atoms with van der Waals surface area (Å²) in [6.45, 7) is 0.516. The average molecular weight is 280 g/mol. The molecular formula is C14H14ClNO3. The van der Waals surface area contributed by atoms with Crippen LogP contribution in [-0.4, -0.2) is 19.6 Å². The largest absolute Gasteiger partial charge is 0.495 e. The lowest BCUT2D eigenvalue weighted by atomic mass is 10.1. The van der Waals surface area contributed by atoms with Gasteiger partial charge in [0.1, 0.15) is 5.75 Å². The Kier molecular flexibility index (Phi) is 4.47. The van der Waals surface area contributed by atoms with Crippen LogP contribution in [0.3, 0.4) is 0 Å². The van der Waals surface area contributed by atoms with E-state index in [1.54, 1.807) is 19.2 Å². The molecule has 0 aliphatic heterocycles. The second-order valence-electron chi connectivity index (χ2n) is 3.95. The molecule has 0 aliphatic carbocycles. The van der Waals surface area contributed by atoms with Crippen LogP contribution in [0.4, 0.5) is 0 Å². The van der Waals surface area contributed by atoms with Crippen molar-refractivity contribution in [1.82, 2.24) is 5.32 Å². The van der Waals surface area contributed by atoms with Gasteiger partial charge in [-0.1, -0.05) is 17.7 Å². The Morgan fingerprint density at radius 2 is 2.26 bits per heavy atom. The summed E-state index contributed by atoms with van der Waals surface area (Å²) >= 11 is 6.02. The zero-order valence-electron chi connectivity index (χ0n) is 10.5. The van der Waals surface area contributed by atoms with Gasteiger partial charge in [-0.2, -0.15) is 0 Å². The summed E-state index contributed by atoms with van der Waals surface area (Å²) in [6, 6.07) is 8.87. The third-order valence-corrected chi connectivity index (χ3v) is 2.96. The first-order valence-electron chi connectivity index (χ1n) is 5.85. The topological polar surface area (TPSA) is 51.5 Å². The van der Waals surface area contributed by atoms with E-state index < -0.39 is 0 Å². The second kappa shape index (κ2) is 6.29. The van der Waals surface area contributed by atoms with Gasteiger partial charge in [0.25, 0.3) is 5.91 Å². The summed E-state index contributed by atoms with van der Waals surface area (Å²) in [5.41, 5.74) is 1.03. The van der Waals surface area contributed by atoms with Crippen molar-refractivity contribution in [3.05, 3.63) is 52.9 Å². The maximum absolute atomic E-state index is 11.6. The van der Waals surface area contributed by atoms with Crippen LogP contribution in [0.5, 0.6) is 5.75 Å². The Morgan fingerprint density at radius 3 is 2.89 bits per heavy atom. The molecular weight excluding hydrogens is 266 g/mol. The number of nitrogens with one attached hydrogen (secondary N) is 1. The van der Waals surface area contributed by atoms with Gasteiger partial charge in [0.15, 0.2) is 5.76 Å². The average Bonchev–Trinajstić information content (AvgIpc) is 2.93. The Balaban J connectivity index is 1.86. The van der Waals surface area contributed by atoms with E-state index in [-0.39, 0.29) is 5.91 Å². The third-order valence-electron chi connectivity index (χ3n) is 2.66. The molecule has 0 saturated carbocycles. The summed E-state index contributed by atoms with van der Waals surface area (Å²) in [5.74, 6) is 0.738. The summed E-state index contributed by atoms with van der Waals surface area (Å²) in [7, 11) is 1.57. The summed E-state index contributed by atoms with van der Waals surface area (Å²) in [4.78, 5) is 11.6. The molecule has 19 heavy (non-hydrogen) atoms. The minimum Gasteiger partial charge on any atom is -0.495 e. The molecule has 0 unspecified atom stereocenters. The number of hydrogen-bond acceptors (Lipinski definition) is 3. The van der Waals surface area contributed by atoms with E-state index >= 15 is 0 Å². The van der Waals surface area contributed by atoms with E-state index in [1.165, 1.54) is 6.26 Å². The number of carbonyl (C=O) groups excluding carboxylic acids is 1. The Hall–Kier alpha value is -1.94. The zero-order valence-corrected chi connectivity index (χ0v) is 11.2. The molecule has 0 saturated heterocycles. The molecule has 5 heteroatoms. The number of rotatable bonds is 5. The van der Waals surface area contributed by atoms with Gasteiger partial charge in [-0.25, -0.2) is 0 Å². The van der Waals surface area contributed by atoms with E-state index in [0.717, 1.165) is 5.56 Å². The predicted octanol–water partition coefficient (Wildman–Crippen LogP) is 2.91. The summed E-state index contributed by atoms with van der Waals surface area (Å²) < 4.78 is 10.1. The number of methoxy groups -OCH3 is 1. The number of furan rings is 1. The molecule has 2 rings (SSSR count). The lowest BCUT2D eigenvalue weighted by Gasteiger charge is -2.06. The van der Waals surface area contributed by atoms with Crippen molar-refractivity contribution in [3.8, 4) is 5.75 Å². The molecule has 2 aromatic rings. The molecule has 4 nitrogen and oxygen atoms in total. The van der Waals surface area contributed by atoms with Crippen LogP contribution in [0.25, 0.3) is 0 Å². The fraction of sp³-hybridized carbons (Fsp3) is 0.214. The minimum atomic E-state index is -0.218. The van der Waals surface area contributed by atoms with Crippen molar-refractivity contribution in [3.63, 3.8) is 0 Å². The number of ether oxygens (including phenoxy) is 1. The number of amides is 1. The molecule has 0 fully saturated rings. The first-order chi connectivity index (χ1) is 9.20. The van der Waals surface area contributed by atoms with Crippen molar-refractivity contribution >= 4 is 17.5 Å². The molecule has 0 atom stereocenters. The van der Waals surface area contributed by atoms with Gasteiger partial charge in [-0.3, -0.25) is 4.79 Å². The molecule has 1 N–H and O–H groups in total. The maximum Gasteiger partial charge on any atom is 0.286 e. The normalized spacial score (nSPS) is 10.2. The molecule has 1 aromatic carbocycles. The number of halogens is 1. The highest BCUT2D eigenvalue weighted by Gasteiger charge is 2.07. The van der Waals surface area contributed by atoms with Crippen molar-refractivity contribution in [2.75, 3.05) is 13.7 Å². The molecule has 0 radical (unpaired) electrons. The molecule has 1 amide bonds. The first-order valence-corrected chi connectivity index (χ1v) is 6.22. The fourth-order valence-electron chi connectivity index (χ4n) is 1.68. The standard InChI is InChI=1S/C14H14ClNO3/c1-18-12-5-4-10(9-11(12)15)6-7-16-14(17)13-3-2-8-19-13/h2-5,8-9H,6-7H2,1H3,(H,16,17). The van der Waals surface area contributed by atoms with Crippen LogP contribution in [0, 0.1) is 0 Å². The highest BCUT2D eigenvalue weighted by molar-refractivity contribution is 6.32. The van der Waals surface area contributed by atoms with Crippen molar-refractivity contribution in [2.45, 2.75) is 6.42 Å². The Labute approximate surface area is 116 Å². The van der Waals surface area contributed by atoms with E-state index in [0.29, 0.717) is 29.5 Å². The number of benzene rings is 1. The van der Waals surface area contributed by atoms with Crippen LogP contribution in [0.1, 0.15) is 16.1 Å². The Bertz CT molecular complexity index is 552. The van der Waals surface area contributed by atoms with Crippen LogP contribution >= 0.6 is 11.6 Å². The van der Waals surface area contributed by atoms with Crippen LogP contribution < -0.4 is 10.1 Å². The van der Waals surface area contributed by atoms with Crippen LogP contribution in [0.2, 0.25) is 5.02 Å². The monoisotopic (exact) mass is 279 g/mol. The zero-order chi connectivity index (χ0) is 13.7. The third kappa shape index (κ3) is 3.51. The molecule has 0 spiro atoms. The van der Waals surface area contributed by atoms with E-state index in [1.807, 2.05) is 18.2 Å². The SMILES string of the molecule is COc1ccc(CCNC(=O)c2ccco2)cc1Cl. The smallest absolute Gasteiger partial charge is 0.286 e. The molecule has 0 aliphatic rings. The minimum absolute atomic E-state index is 0.218. The van der Waals surface area contributed by atoms with Gasteiger partial charge in [0.2, 0.25) is 0 Å². The van der Waals surface area contributed by atoms with Gasteiger partial charge in [-0.05, 0) is 36.2 Å². The lowest BCUT2D eigenvalue weighted by Crippen LogP contribution is -2.25. The van der Waals surface area contributed by atoms with E-state index in [9.17, 15) is 4.79 Å². The van der Waals surface area contributed by atoms with Crippen LogP contribution in [-0.2, 0) is 6.42 Å². The van der Waals surface area contributed by atoms with Crippen molar-refractivity contribution in [1.29, 1.82) is 0 Å². The van der Waals surface area contributed by atoms with E-state index in [2.05, 4.69) is 5.32 Å². The molecule has 0 bridgehead atoms. The maximum atomic E-state index is 11.6. The van der Waals surface area contributed by atoms with Crippen molar-refractivity contribution < 1.29 is 13.9 Å².